The third-order valence-corrected chi connectivity index (χ3v) is 5.32. The number of H-pyrrole nitrogens is 1. The van der Waals surface area contributed by atoms with Crippen LogP contribution in [0.5, 0.6) is 0 Å². The predicted octanol–water partition coefficient (Wildman–Crippen LogP) is -0.883. The molecule has 3 atom stereocenters. The minimum atomic E-state index is -1.19. The summed E-state index contributed by atoms with van der Waals surface area (Å²) < 4.78 is 0. The molecule has 2 heterocycles. The van der Waals surface area contributed by atoms with E-state index in [-0.39, 0.29) is 24.8 Å². The van der Waals surface area contributed by atoms with Crippen LogP contribution < -0.4 is 21.3 Å². The van der Waals surface area contributed by atoms with E-state index in [2.05, 4.69) is 31.2 Å². The number of aromatic amines is 1. The number of aliphatic carboxylic acids is 1. The van der Waals surface area contributed by atoms with E-state index < -0.39 is 36.4 Å². The minimum Gasteiger partial charge on any atom is -0.480 e. The van der Waals surface area contributed by atoms with Crippen molar-refractivity contribution in [2.45, 2.75) is 43.8 Å². The molecule has 2 aromatic rings. The largest absolute Gasteiger partial charge is 0.480 e. The smallest absolute Gasteiger partial charge is 0.322 e. The Hall–Kier alpha value is -3.73. The lowest BCUT2D eigenvalue weighted by molar-refractivity contribution is -0.138. The maximum atomic E-state index is 13.2. The molecule has 0 aliphatic carbocycles. The highest BCUT2D eigenvalue weighted by Gasteiger charge is 2.30. The van der Waals surface area contributed by atoms with Crippen LogP contribution in [0.1, 0.15) is 24.1 Å². The SMILES string of the molecule is O=C(O)CNC(=O)C(Cc1ccccc1)NC(=O)C(Cc1cnc[nH]1)NC(=O)C1CCCN1. The lowest BCUT2D eigenvalue weighted by atomic mass is 10.0. The van der Waals surface area contributed by atoms with Crippen LogP contribution in [0, 0.1) is 0 Å². The van der Waals surface area contributed by atoms with Crippen molar-refractivity contribution in [3.63, 3.8) is 0 Å². The molecule has 3 rings (SSSR count). The van der Waals surface area contributed by atoms with Crippen LogP contribution in [0.15, 0.2) is 42.9 Å². The fourth-order valence-corrected chi connectivity index (χ4v) is 3.62. The number of hydrogen-bond acceptors (Lipinski definition) is 6. The number of imidazole rings is 1. The second kappa shape index (κ2) is 11.8. The third-order valence-electron chi connectivity index (χ3n) is 5.32. The van der Waals surface area contributed by atoms with E-state index in [1.54, 1.807) is 30.5 Å². The summed E-state index contributed by atoms with van der Waals surface area (Å²) in [7, 11) is 0. The quantitative estimate of drug-likeness (QED) is 0.255. The molecule has 176 valence electrons. The Morgan fingerprint density at radius 1 is 1.06 bits per heavy atom. The number of nitrogens with zero attached hydrogens (tertiary/aromatic N) is 1. The molecule has 0 spiro atoms. The number of nitrogens with one attached hydrogen (secondary N) is 5. The van der Waals surface area contributed by atoms with E-state index in [9.17, 15) is 19.2 Å². The number of carbonyl (C=O) groups excluding carboxylic acids is 3. The molecule has 1 aliphatic heterocycles. The van der Waals surface area contributed by atoms with Crippen molar-refractivity contribution < 1.29 is 24.3 Å². The fraction of sp³-hybridized carbons (Fsp3) is 0.409. The zero-order chi connectivity index (χ0) is 23.6. The van der Waals surface area contributed by atoms with Gasteiger partial charge in [-0.1, -0.05) is 30.3 Å². The van der Waals surface area contributed by atoms with E-state index >= 15 is 0 Å². The number of carboxylic acids is 1. The fourth-order valence-electron chi connectivity index (χ4n) is 3.62. The van der Waals surface area contributed by atoms with Crippen molar-refractivity contribution in [3.05, 3.63) is 54.1 Å². The van der Waals surface area contributed by atoms with Crippen molar-refractivity contribution in [3.8, 4) is 0 Å². The van der Waals surface area contributed by atoms with Crippen LogP contribution in [-0.4, -0.2) is 70.0 Å². The van der Waals surface area contributed by atoms with Crippen molar-refractivity contribution in [2.24, 2.45) is 0 Å². The zero-order valence-corrected chi connectivity index (χ0v) is 18.0. The first-order chi connectivity index (χ1) is 15.9. The van der Waals surface area contributed by atoms with Gasteiger partial charge in [-0.15, -0.1) is 0 Å². The first-order valence-electron chi connectivity index (χ1n) is 10.8. The monoisotopic (exact) mass is 456 g/mol. The molecule has 3 amide bonds. The Balaban J connectivity index is 1.74. The van der Waals surface area contributed by atoms with Crippen LogP contribution in [0.2, 0.25) is 0 Å². The Morgan fingerprint density at radius 3 is 2.45 bits per heavy atom. The highest BCUT2D eigenvalue weighted by Crippen LogP contribution is 2.08. The van der Waals surface area contributed by atoms with Gasteiger partial charge in [0.15, 0.2) is 0 Å². The van der Waals surface area contributed by atoms with Gasteiger partial charge in [0.1, 0.15) is 18.6 Å². The normalized spacial score (nSPS) is 17.0. The summed E-state index contributed by atoms with van der Waals surface area (Å²) in [5.41, 5.74) is 1.43. The Kier molecular flexibility index (Phi) is 8.53. The number of hydrogen-bond donors (Lipinski definition) is 6. The molecular formula is C22H28N6O5. The summed E-state index contributed by atoms with van der Waals surface area (Å²) in [6.07, 6.45) is 4.90. The van der Waals surface area contributed by atoms with Crippen molar-refractivity contribution in [1.82, 2.24) is 31.2 Å². The van der Waals surface area contributed by atoms with E-state index in [4.69, 9.17) is 5.11 Å². The maximum absolute atomic E-state index is 13.2. The third kappa shape index (κ3) is 7.42. The molecule has 1 saturated heterocycles. The van der Waals surface area contributed by atoms with Gasteiger partial charge in [0, 0.05) is 24.7 Å². The highest BCUT2D eigenvalue weighted by molar-refractivity contribution is 5.94. The van der Waals surface area contributed by atoms with E-state index in [1.165, 1.54) is 6.33 Å². The second-order valence-electron chi connectivity index (χ2n) is 7.85. The van der Waals surface area contributed by atoms with Crippen LogP contribution in [0.4, 0.5) is 0 Å². The number of benzene rings is 1. The molecule has 3 unspecified atom stereocenters. The summed E-state index contributed by atoms with van der Waals surface area (Å²) in [4.78, 5) is 56.2. The van der Waals surface area contributed by atoms with E-state index in [0.717, 1.165) is 18.5 Å². The molecule has 1 fully saturated rings. The van der Waals surface area contributed by atoms with Gasteiger partial charge < -0.3 is 31.4 Å². The topological polar surface area (TPSA) is 165 Å². The lowest BCUT2D eigenvalue weighted by Gasteiger charge is -2.24. The van der Waals surface area contributed by atoms with Gasteiger partial charge in [0.05, 0.1) is 12.4 Å². The summed E-state index contributed by atoms with van der Waals surface area (Å²) in [6, 6.07) is 6.70. The average Bonchev–Trinajstić information content (AvgIpc) is 3.51. The van der Waals surface area contributed by atoms with Crippen LogP contribution >= 0.6 is 0 Å². The minimum absolute atomic E-state index is 0.152. The van der Waals surface area contributed by atoms with Gasteiger partial charge in [-0.3, -0.25) is 19.2 Å². The maximum Gasteiger partial charge on any atom is 0.322 e. The standard InChI is InChI=1S/C22H28N6O5/c29-19(30)12-25-20(31)17(9-14-5-2-1-3-6-14)27-22(33)18(10-15-11-23-13-26-15)28-21(32)16-7-4-8-24-16/h1-3,5-6,11,13,16-18,24H,4,7-10,12H2,(H,23,26)(H,25,31)(H,27,33)(H,28,32)(H,29,30). The van der Waals surface area contributed by atoms with Gasteiger partial charge in [-0.25, -0.2) is 4.98 Å². The summed E-state index contributed by atoms with van der Waals surface area (Å²) in [6.45, 7) is 0.167. The first kappa shape index (κ1) is 23.9. The molecule has 1 aliphatic rings. The number of aromatic nitrogens is 2. The number of amides is 3. The van der Waals surface area contributed by atoms with Gasteiger partial charge >= 0.3 is 5.97 Å². The Morgan fingerprint density at radius 2 is 1.82 bits per heavy atom. The Bertz CT molecular complexity index is 943. The molecule has 6 N–H and O–H groups in total. The zero-order valence-electron chi connectivity index (χ0n) is 18.0. The molecule has 0 saturated carbocycles. The van der Waals surface area contributed by atoms with Gasteiger partial charge in [0.25, 0.3) is 0 Å². The summed E-state index contributed by atoms with van der Waals surface area (Å²) in [5.74, 6) is -2.66. The van der Waals surface area contributed by atoms with E-state index in [1.807, 2.05) is 6.07 Å². The molecule has 11 nitrogen and oxygen atoms in total. The summed E-state index contributed by atoms with van der Waals surface area (Å²) in [5, 5.41) is 19.7. The van der Waals surface area contributed by atoms with Crippen LogP contribution in [-0.2, 0) is 32.0 Å². The van der Waals surface area contributed by atoms with Crippen molar-refractivity contribution in [1.29, 1.82) is 0 Å². The second-order valence-corrected chi connectivity index (χ2v) is 7.85. The van der Waals surface area contributed by atoms with Gasteiger partial charge in [-0.2, -0.15) is 0 Å². The Labute approximate surface area is 190 Å². The van der Waals surface area contributed by atoms with E-state index in [0.29, 0.717) is 12.1 Å². The van der Waals surface area contributed by atoms with Crippen LogP contribution in [0.3, 0.4) is 0 Å². The van der Waals surface area contributed by atoms with Crippen LogP contribution in [0.25, 0.3) is 0 Å². The van der Waals surface area contributed by atoms with Gasteiger partial charge in [0.2, 0.25) is 17.7 Å². The summed E-state index contributed by atoms with van der Waals surface area (Å²) >= 11 is 0. The highest BCUT2D eigenvalue weighted by atomic mass is 16.4. The number of rotatable bonds is 11. The molecule has 1 aromatic heterocycles. The predicted molar refractivity (Wildman–Crippen MR) is 118 cm³/mol. The van der Waals surface area contributed by atoms with Crippen molar-refractivity contribution in [2.75, 3.05) is 13.1 Å². The molecule has 33 heavy (non-hydrogen) atoms. The average molecular weight is 457 g/mol. The molecule has 0 bridgehead atoms. The number of carbonyl (C=O) groups is 4. The first-order valence-corrected chi connectivity index (χ1v) is 10.8. The lowest BCUT2D eigenvalue weighted by Crippen LogP contribution is -2.57. The van der Waals surface area contributed by atoms with Crippen molar-refractivity contribution >= 4 is 23.7 Å². The van der Waals surface area contributed by atoms with Gasteiger partial charge in [-0.05, 0) is 24.9 Å². The molecule has 1 aromatic carbocycles. The number of carboxylic acid groups (broad SMARTS) is 1. The molecule has 11 heteroatoms. The molecular weight excluding hydrogens is 428 g/mol. The molecule has 0 radical (unpaired) electrons.